The fourth-order valence-corrected chi connectivity index (χ4v) is 3.93. The van der Waals surface area contributed by atoms with Crippen molar-refractivity contribution in [3.05, 3.63) is 53.3 Å². The molecule has 0 atom stereocenters. The van der Waals surface area contributed by atoms with Gasteiger partial charge in [0.1, 0.15) is 4.90 Å². The lowest BCUT2D eigenvalue weighted by Crippen LogP contribution is -2.31. The van der Waals surface area contributed by atoms with Crippen LogP contribution in [0.15, 0.2) is 47.6 Å². The number of benzene rings is 1. The van der Waals surface area contributed by atoms with Crippen molar-refractivity contribution in [2.45, 2.75) is 18.7 Å². The number of sulfonamides is 1. The van der Waals surface area contributed by atoms with Crippen molar-refractivity contribution in [1.29, 1.82) is 0 Å². The molecule has 1 aromatic heterocycles. The summed E-state index contributed by atoms with van der Waals surface area (Å²) in [7, 11) is -3.72. The Morgan fingerprint density at radius 2 is 1.95 bits per heavy atom. The Balaban J connectivity index is 2.58. The zero-order chi connectivity index (χ0) is 14.8. The third-order valence-corrected chi connectivity index (χ3v) is 5.33. The number of nitrogens with zero attached hydrogens (tertiary/aromatic N) is 2. The molecule has 0 aliphatic heterocycles. The highest BCUT2D eigenvalue weighted by Crippen LogP contribution is 2.29. The standard InChI is InChI=1S/C14H15ClN2O2S/c1-3-17(13-7-5-4-6-11(13)2)20(18,19)14-10-16-9-8-12(14)15/h4-10H,3H2,1-2H3. The molecule has 0 N–H and O–H groups in total. The second-order valence-electron chi connectivity index (χ2n) is 4.26. The molecule has 0 aliphatic rings. The predicted octanol–water partition coefficient (Wildman–Crippen LogP) is 3.26. The predicted molar refractivity (Wildman–Crippen MR) is 80.6 cm³/mol. The number of pyridine rings is 1. The second-order valence-corrected chi connectivity index (χ2v) is 6.50. The number of halogens is 1. The van der Waals surface area contributed by atoms with E-state index in [0.717, 1.165) is 5.56 Å². The van der Waals surface area contributed by atoms with E-state index < -0.39 is 10.0 Å². The molecular weight excluding hydrogens is 296 g/mol. The first-order chi connectivity index (χ1) is 9.48. The van der Waals surface area contributed by atoms with E-state index in [1.54, 1.807) is 13.0 Å². The Morgan fingerprint density at radius 3 is 2.55 bits per heavy atom. The van der Waals surface area contributed by atoms with Crippen LogP contribution in [-0.4, -0.2) is 19.9 Å². The lowest BCUT2D eigenvalue weighted by molar-refractivity contribution is 0.591. The lowest BCUT2D eigenvalue weighted by atomic mass is 10.2. The smallest absolute Gasteiger partial charge is 0.266 e. The van der Waals surface area contributed by atoms with E-state index in [-0.39, 0.29) is 9.92 Å². The van der Waals surface area contributed by atoms with Gasteiger partial charge in [0.25, 0.3) is 10.0 Å². The molecule has 2 aromatic rings. The molecule has 0 bridgehead atoms. The normalized spacial score (nSPS) is 11.3. The highest BCUT2D eigenvalue weighted by Gasteiger charge is 2.26. The molecule has 0 fully saturated rings. The van der Waals surface area contributed by atoms with Gasteiger partial charge < -0.3 is 0 Å². The van der Waals surface area contributed by atoms with Gasteiger partial charge in [-0.25, -0.2) is 8.42 Å². The molecule has 0 aliphatic carbocycles. The first kappa shape index (κ1) is 14.8. The molecule has 2 rings (SSSR count). The molecule has 0 radical (unpaired) electrons. The number of anilines is 1. The molecule has 1 aromatic carbocycles. The summed E-state index contributed by atoms with van der Waals surface area (Å²) in [5.41, 5.74) is 1.54. The van der Waals surface area contributed by atoms with Crippen LogP contribution in [-0.2, 0) is 10.0 Å². The van der Waals surface area contributed by atoms with E-state index in [0.29, 0.717) is 12.2 Å². The van der Waals surface area contributed by atoms with Crippen LogP contribution in [0.2, 0.25) is 5.02 Å². The van der Waals surface area contributed by atoms with Crippen LogP contribution >= 0.6 is 11.6 Å². The molecule has 1 heterocycles. The highest BCUT2D eigenvalue weighted by molar-refractivity contribution is 7.93. The van der Waals surface area contributed by atoms with Crippen molar-refractivity contribution in [3.63, 3.8) is 0 Å². The van der Waals surface area contributed by atoms with E-state index in [1.807, 2.05) is 25.1 Å². The van der Waals surface area contributed by atoms with Crippen molar-refractivity contribution >= 4 is 27.3 Å². The summed E-state index contributed by atoms with van der Waals surface area (Å²) in [4.78, 5) is 3.87. The second kappa shape index (κ2) is 5.81. The third-order valence-electron chi connectivity index (χ3n) is 2.97. The van der Waals surface area contributed by atoms with Gasteiger partial charge >= 0.3 is 0 Å². The van der Waals surface area contributed by atoms with E-state index in [9.17, 15) is 8.42 Å². The number of para-hydroxylation sites is 1. The Labute approximate surface area is 124 Å². The van der Waals surface area contributed by atoms with Crippen LogP contribution in [0, 0.1) is 6.92 Å². The van der Waals surface area contributed by atoms with Crippen LogP contribution < -0.4 is 4.31 Å². The van der Waals surface area contributed by atoms with Crippen molar-refractivity contribution in [3.8, 4) is 0 Å². The highest BCUT2D eigenvalue weighted by atomic mass is 35.5. The SMILES string of the molecule is CCN(c1ccccc1C)S(=O)(=O)c1cnccc1Cl. The molecule has 6 heteroatoms. The minimum atomic E-state index is -3.72. The van der Waals surface area contributed by atoms with Gasteiger partial charge in [-0.15, -0.1) is 0 Å². The molecular formula is C14H15ClN2O2S. The maximum absolute atomic E-state index is 12.7. The molecule has 0 amide bonds. The number of hydrogen-bond acceptors (Lipinski definition) is 3. The van der Waals surface area contributed by atoms with Crippen LogP contribution in [0.4, 0.5) is 5.69 Å². The molecule has 0 saturated heterocycles. The van der Waals surface area contributed by atoms with E-state index in [1.165, 1.54) is 22.8 Å². The maximum atomic E-state index is 12.7. The number of rotatable bonds is 4. The number of aryl methyl sites for hydroxylation is 1. The van der Waals surface area contributed by atoms with Crippen LogP contribution in [0.3, 0.4) is 0 Å². The van der Waals surface area contributed by atoms with Gasteiger partial charge in [0.15, 0.2) is 0 Å². The fraction of sp³-hybridized carbons (Fsp3) is 0.214. The molecule has 4 nitrogen and oxygen atoms in total. The Bertz CT molecular complexity index is 717. The average Bonchev–Trinajstić information content (AvgIpc) is 2.42. The maximum Gasteiger partial charge on any atom is 0.267 e. The first-order valence-corrected chi connectivity index (χ1v) is 7.98. The van der Waals surface area contributed by atoms with E-state index in [4.69, 9.17) is 11.6 Å². The zero-order valence-corrected chi connectivity index (χ0v) is 12.8. The van der Waals surface area contributed by atoms with Gasteiger partial charge in [-0.05, 0) is 31.5 Å². The topological polar surface area (TPSA) is 50.3 Å². The first-order valence-electron chi connectivity index (χ1n) is 6.16. The molecule has 0 saturated carbocycles. The van der Waals surface area contributed by atoms with Gasteiger partial charge in [0.2, 0.25) is 0 Å². The van der Waals surface area contributed by atoms with Gasteiger partial charge in [-0.3, -0.25) is 9.29 Å². The molecule has 106 valence electrons. The largest absolute Gasteiger partial charge is 0.267 e. The summed E-state index contributed by atoms with van der Waals surface area (Å²) in [6, 6.07) is 8.81. The van der Waals surface area contributed by atoms with Crippen molar-refractivity contribution in [1.82, 2.24) is 4.98 Å². The lowest BCUT2D eigenvalue weighted by Gasteiger charge is -2.24. The third kappa shape index (κ3) is 2.64. The monoisotopic (exact) mass is 310 g/mol. The summed E-state index contributed by atoms with van der Waals surface area (Å²) < 4.78 is 26.8. The Hall–Kier alpha value is -1.59. The van der Waals surface area contributed by atoms with E-state index >= 15 is 0 Å². The number of aromatic nitrogens is 1. The van der Waals surface area contributed by atoms with Crippen molar-refractivity contribution in [2.24, 2.45) is 0 Å². The fourth-order valence-electron chi connectivity index (χ4n) is 1.98. The minimum Gasteiger partial charge on any atom is -0.266 e. The van der Waals surface area contributed by atoms with Crippen LogP contribution in [0.5, 0.6) is 0 Å². The molecule has 0 spiro atoms. The van der Waals surface area contributed by atoms with Crippen LogP contribution in [0.25, 0.3) is 0 Å². The summed E-state index contributed by atoms with van der Waals surface area (Å²) in [5, 5.41) is 0.173. The Morgan fingerprint density at radius 1 is 1.25 bits per heavy atom. The molecule has 0 unspecified atom stereocenters. The zero-order valence-electron chi connectivity index (χ0n) is 11.2. The van der Waals surface area contributed by atoms with Gasteiger partial charge in [0.05, 0.1) is 10.7 Å². The Kier molecular flexibility index (Phi) is 4.30. The minimum absolute atomic E-state index is 0.0202. The average molecular weight is 311 g/mol. The summed E-state index contributed by atoms with van der Waals surface area (Å²) >= 11 is 5.99. The van der Waals surface area contributed by atoms with Crippen LogP contribution in [0.1, 0.15) is 12.5 Å². The summed E-state index contributed by atoms with van der Waals surface area (Å²) in [6.45, 7) is 3.98. The number of hydrogen-bond donors (Lipinski definition) is 0. The molecule has 20 heavy (non-hydrogen) atoms. The van der Waals surface area contributed by atoms with Crippen molar-refractivity contribution in [2.75, 3.05) is 10.8 Å². The summed E-state index contributed by atoms with van der Waals surface area (Å²) in [5.74, 6) is 0. The quantitative estimate of drug-likeness (QED) is 0.871. The van der Waals surface area contributed by atoms with Crippen molar-refractivity contribution < 1.29 is 8.42 Å². The summed E-state index contributed by atoms with van der Waals surface area (Å²) in [6.07, 6.45) is 2.74. The van der Waals surface area contributed by atoms with Gasteiger partial charge in [-0.2, -0.15) is 0 Å². The van der Waals surface area contributed by atoms with E-state index in [2.05, 4.69) is 4.98 Å². The van der Waals surface area contributed by atoms with Gasteiger partial charge in [-0.1, -0.05) is 29.8 Å². The van der Waals surface area contributed by atoms with Gasteiger partial charge in [0, 0.05) is 18.9 Å².